The van der Waals surface area contributed by atoms with Gasteiger partial charge in [0.2, 0.25) is 0 Å². The summed E-state index contributed by atoms with van der Waals surface area (Å²) in [5.74, 6) is 0.161. The molecule has 0 fully saturated rings. The summed E-state index contributed by atoms with van der Waals surface area (Å²) >= 11 is 5.90. The van der Waals surface area contributed by atoms with Crippen LogP contribution in [0.4, 0.5) is 0 Å². The largest absolute Gasteiger partial charge is 0.409 e. The molecular formula is C11H16ClN3O. The van der Waals surface area contributed by atoms with E-state index in [0.717, 1.165) is 5.56 Å². The fourth-order valence-electron chi connectivity index (χ4n) is 1.42. The first-order chi connectivity index (χ1) is 7.54. The third-order valence-electron chi connectivity index (χ3n) is 2.41. The number of nitrogens with one attached hydrogen (secondary N) is 1. The third-order valence-corrected chi connectivity index (χ3v) is 2.64. The van der Waals surface area contributed by atoms with E-state index < -0.39 is 0 Å². The van der Waals surface area contributed by atoms with E-state index in [1.165, 1.54) is 0 Å². The zero-order chi connectivity index (χ0) is 12.1. The van der Waals surface area contributed by atoms with Gasteiger partial charge in [-0.15, -0.1) is 0 Å². The molecule has 0 spiro atoms. The summed E-state index contributed by atoms with van der Waals surface area (Å²) in [5, 5.41) is 15.4. The van der Waals surface area contributed by atoms with Crippen LogP contribution >= 0.6 is 11.6 Å². The topological polar surface area (TPSA) is 70.6 Å². The molecule has 0 saturated heterocycles. The smallest absolute Gasteiger partial charge is 0.156 e. The second-order valence-electron chi connectivity index (χ2n) is 3.69. The van der Waals surface area contributed by atoms with Crippen LogP contribution in [0.2, 0.25) is 5.02 Å². The number of hydrogen-bond donors (Lipinski definition) is 3. The van der Waals surface area contributed by atoms with Crippen LogP contribution in [0.15, 0.2) is 29.4 Å². The van der Waals surface area contributed by atoms with Gasteiger partial charge in [-0.05, 0) is 31.5 Å². The Morgan fingerprint density at radius 3 is 2.75 bits per heavy atom. The lowest BCUT2D eigenvalue weighted by atomic mass is 10.1. The third kappa shape index (κ3) is 3.40. The maximum atomic E-state index is 8.53. The average Bonchev–Trinajstić information content (AvgIpc) is 2.27. The summed E-state index contributed by atoms with van der Waals surface area (Å²) in [4.78, 5) is 0. The maximum absolute atomic E-state index is 8.53. The van der Waals surface area contributed by atoms with Crippen LogP contribution in [-0.2, 0) is 0 Å². The van der Waals surface area contributed by atoms with Crippen molar-refractivity contribution in [2.45, 2.75) is 25.9 Å². The van der Waals surface area contributed by atoms with Gasteiger partial charge >= 0.3 is 0 Å². The van der Waals surface area contributed by atoms with Gasteiger partial charge in [0.05, 0.1) is 6.04 Å². The van der Waals surface area contributed by atoms with E-state index in [1.807, 2.05) is 38.1 Å². The van der Waals surface area contributed by atoms with Crippen LogP contribution in [0.1, 0.15) is 25.5 Å². The molecule has 0 aliphatic carbocycles. The SMILES string of the molecule is CC(NC(C)c1cccc(Cl)c1)C(N)=NO. The summed E-state index contributed by atoms with van der Waals surface area (Å²) in [7, 11) is 0. The molecule has 88 valence electrons. The van der Waals surface area contributed by atoms with Crippen LogP contribution in [-0.4, -0.2) is 17.1 Å². The average molecular weight is 242 g/mol. The molecule has 2 unspecified atom stereocenters. The number of benzene rings is 1. The van der Waals surface area contributed by atoms with Crippen molar-refractivity contribution in [1.29, 1.82) is 0 Å². The molecule has 1 rings (SSSR count). The minimum atomic E-state index is -0.195. The van der Waals surface area contributed by atoms with Crippen molar-refractivity contribution in [2.24, 2.45) is 10.9 Å². The fraction of sp³-hybridized carbons (Fsp3) is 0.364. The highest BCUT2D eigenvalue weighted by Gasteiger charge is 2.12. The van der Waals surface area contributed by atoms with Crippen LogP contribution < -0.4 is 11.1 Å². The zero-order valence-electron chi connectivity index (χ0n) is 9.31. The Morgan fingerprint density at radius 1 is 1.50 bits per heavy atom. The van der Waals surface area contributed by atoms with Crippen molar-refractivity contribution < 1.29 is 5.21 Å². The quantitative estimate of drug-likeness (QED) is 0.327. The van der Waals surface area contributed by atoms with E-state index in [4.69, 9.17) is 22.5 Å². The van der Waals surface area contributed by atoms with E-state index >= 15 is 0 Å². The van der Waals surface area contributed by atoms with Crippen molar-refractivity contribution in [3.8, 4) is 0 Å². The number of oxime groups is 1. The molecule has 2 atom stereocenters. The van der Waals surface area contributed by atoms with Crippen molar-refractivity contribution in [3.63, 3.8) is 0 Å². The maximum Gasteiger partial charge on any atom is 0.156 e. The van der Waals surface area contributed by atoms with Crippen LogP contribution in [0.5, 0.6) is 0 Å². The Bertz CT molecular complexity index is 381. The van der Waals surface area contributed by atoms with E-state index in [-0.39, 0.29) is 17.9 Å². The number of amidine groups is 1. The molecule has 1 aromatic rings. The second kappa shape index (κ2) is 5.72. The predicted octanol–water partition coefficient (Wildman–Crippen LogP) is 2.13. The Kier molecular flexibility index (Phi) is 4.58. The van der Waals surface area contributed by atoms with Gasteiger partial charge in [0, 0.05) is 11.1 Å². The van der Waals surface area contributed by atoms with Crippen LogP contribution in [0.3, 0.4) is 0 Å². The van der Waals surface area contributed by atoms with Gasteiger partial charge in [-0.2, -0.15) is 0 Å². The van der Waals surface area contributed by atoms with E-state index in [2.05, 4.69) is 10.5 Å². The van der Waals surface area contributed by atoms with Gasteiger partial charge in [0.1, 0.15) is 0 Å². The van der Waals surface area contributed by atoms with Gasteiger partial charge in [0.25, 0.3) is 0 Å². The molecule has 4 nitrogen and oxygen atoms in total. The second-order valence-corrected chi connectivity index (χ2v) is 4.13. The summed E-state index contributed by atoms with van der Waals surface area (Å²) in [6, 6.07) is 7.46. The Morgan fingerprint density at radius 2 is 2.19 bits per heavy atom. The Hall–Kier alpha value is -1.26. The first-order valence-corrected chi connectivity index (χ1v) is 5.41. The highest BCUT2D eigenvalue weighted by atomic mass is 35.5. The molecule has 0 aliphatic heterocycles. The monoisotopic (exact) mass is 241 g/mol. The summed E-state index contributed by atoms with van der Waals surface area (Å²) in [6.07, 6.45) is 0. The Balaban J connectivity index is 2.69. The molecule has 5 heteroatoms. The fourth-order valence-corrected chi connectivity index (χ4v) is 1.62. The molecule has 0 saturated carbocycles. The molecule has 4 N–H and O–H groups in total. The summed E-state index contributed by atoms with van der Waals surface area (Å²) < 4.78 is 0. The van der Waals surface area contributed by atoms with Gasteiger partial charge in [-0.1, -0.05) is 28.9 Å². The molecule has 0 amide bonds. The zero-order valence-corrected chi connectivity index (χ0v) is 10.1. The molecular weight excluding hydrogens is 226 g/mol. The van der Waals surface area contributed by atoms with Crippen LogP contribution in [0, 0.1) is 0 Å². The Labute approximate surface area is 100 Å². The number of nitrogens with two attached hydrogens (primary N) is 1. The van der Waals surface area contributed by atoms with Crippen molar-refractivity contribution in [3.05, 3.63) is 34.9 Å². The van der Waals surface area contributed by atoms with Gasteiger partial charge < -0.3 is 16.3 Å². The molecule has 1 aromatic carbocycles. The highest BCUT2D eigenvalue weighted by molar-refractivity contribution is 6.30. The van der Waals surface area contributed by atoms with Crippen LogP contribution in [0.25, 0.3) is 0 Å². The lowest BCUT2D eigenvalue weighted by Crippen LogP contribution is -2.40. The van der Waals surface area contributed by atoms with E-state index in [9.17, 15) is 0 Å². The molecule has 0 heterocycles. The van der Waals surface area contributed by atoms with Gasteiger partial charge in [-0.25, -0.2) is 0 Å². The van der Waals surface area contributed by atoms with Crippen molar-refractivity contribution in [1.82, 2.24) is 5.32 Å². The van der Waals surface area contributed by atoms with Gasteiger partial charge in [-0.3, -0.25) is 0 Å². The van der Waals surface area contributed by atoms with E-state index in [0.29, 0.717) is 5.02 Å². The summed E-state index contributed by atoms with van der Waals surface area (Å²) in [6.45, 7) is 3.82. The van der Waals surface area contributed by atoms with Crippen molar-refractivity contribution in [2.75, 3.05) is 0 Å². The van der Waals surface area contributed by atoms with Gasteiger partial charge in [0.15, 0.2) is 5.84 Å². The minimum Gasteiger partial charge on any atom is -0.409 e. The molecule has 0 radical (unpaired) electrons. The van der Waals surface area contributed by atoms with E-state index in [1.54, 1.807) is 0 Å². The number of rotatable bonds is 4. The number of nitrogens with zero attached hydrogens (tertiary/aromatic N) is 1. The molecule has 0 bridgehead atoms. The first-order valence-electron chi connectivity index (χ1n) is 5.03. The summed E-state index contributed by atoms with van der Waals surface area (Å²) in [5.41, 5.74) is 6.54. The normalized spacial score (nSPS) is 15.8. The predicted molar refractivity (Wildman–Crippen MR) is 65.9 cm³/mol. The first kappa shape index (κ1) is 12.8. The van der Waals surface area contributed by atoms with Crippen molar-refractivity contribution >= 4 is 17.4 Å². The molecule has 16 heavy (non-hydrogen) atoms. The number of halogens is 1. The standard InChI is InChI=1S/C11H16ClN3O/c1-7(14-8(2)11(13)15-16)9-4-3-5-10(12)6-9/h3-8,14,16H,1-2H3,(H2,13,15). The lowest BCUT2D eigenvalue weighted by Gasteiger charge is -2.19. The lowest BCUT2D eigenvalue weighted by molar-refractivity contribution is 0.314. The minimum absolute atomic E-state index is 0.0778. The molecule has 0 aromatic heterocycles. The molecule has 0 aliphatic rings. The number of hydrogen-bond acceptors (Lipinski definition) is 3. The highest BCUT2D eigenvalue weighted by Crippen LogP contribution is 2.17.